The number of hydrogen-bond donors (Lipinski definition) is 0. The summed E-state index contributed by atoms with van der Waals surface area (Å²) in [6.07, 6.45) is -1.86. The van der Waals surface area contributed by atoms with Crippen LogP contribution in [0, 0.1) is 0 Å². The van der Waals surface area contributed by atoms with Gasteiger partial charge in [-0.1, -0.05) is 11.6 Å². The molecule has 4 aromatic rings. The number of nitrogens with zero attached hydrogens (tertiary/aromatic N) is 4. The van der Waals surface area contributed by atoms with E-state index in [9.17, 15) is 18.0 Å². The van der Waals surface area contributed by atoms with Crippen molar-refractivity contribution in [1.82, 2.24) is 19.5 Å². The van der Waals surface area contributed by atoms with Crippen LogP contribution >= 0.6 is 22.9 Å². The average molecular weight is 483 g/mol. The van der Waals surface area contributed by atoms with Crippen molar-refractivity contribution in [3.63, 3.8) is 0 Å². The number of carbonyl (C=O) groups excluding carboxylic acids is 1. The number of thiophene rings is 1. The third-order valence-corrected chi connectivity index (χ3v) is 6.39. The minimum atomic E-state index is -4.69. The standard InChI is InChI=1S/C21H18ClF3N4O2S/c1-12(5-6-13-4-3-9-31-13)28(2)20(30)15-11-19-26-14(16-7-8-18(22)32-16)10-17(21(23,24)25)29(19)27-15/h3-4,7-12H,5-6H2,1-2H3. The lowest BCUT2D eigenvalue weighted by Crippen LogP contribution is -2.35. The maximum Gasteiger partial charge on any atom is 0.433 e. The van der Waals surface area contributed by atoms with E-state index in [1.807, 2.05) is 13.0 Å². The van der Waals surface area contributed by atoms with Gasteiger partial charge < -0.3 is 9.32 Å². The van der Waals surface area contributed by atoms with E-state index >= 15 is 0 Å². The summed E-state index contributed by atoms with van der Waals surface area (Å²) < 4.78 is 47.6. The molecule has 0 fully saturated rings. The lowest BCUT2D eigenvalue weighted by molar-refractivity contribution is -0.142. The Morgan fingerprint density at radius 1 is 1.31 bits per heavy atom. The molecule has 0 aliphatic heterocycles. The van der Waals surface area contributed by atoms with E-state index in [2.05, 4.69) is 10.1 Å². The van der Waals surface area contributed by atoms with E-state index in [0.29, 0.717) is 26.6 Å². The Kier molecular flexibility index (Phi) is 6.00. The average Bonchev–Trinajstić information content (AvgIpc) is 3.49. The molecular weight excluding hydrogens is 465 g/mol. The van der Waals surface area contributed by atoms with E-state index in [-0.39, 0.29) is 23.1 Å². The molecule has 0 saturated heterocycles. The minimum absolute atomic E-state index is 0.0701. The first kappa shape index (κ1) is 22.3. The fraction of sp³-hybridized carbons (Fsp3) is 0.286. The maximum atomic E-state index is 13.7. The molecule has 0 N–H and O–H groups in total. The van der Waals surface area contributed by atoms with Crippen LogP contribution in [0.2, 0.25) is 4.34 Å². The largest absolute Gasteiger partial charge is 0.469 e. The van der Waals surface area contributed by atoms with Gasteiger partial charge in [-0.25, -0.2) is 9.50 Å². The molecule has 6 nitrogen and oxygen atoms in total. The quantitative estimate of drug-likeness (QED) is 0.347. The molecule has 4 rings (SSSR count). The lowest BCUT2D eigenvalue weighted by Gasteiger charge is -2.23. The zero-order valence-electron chi connectivity index (χ0n) is 17.1. The number of halogens is 4. The van der Waals surface area contributed by atoms with Gasteiger partial charge in [0, 0.05) is 25.6 Å². The van der Waals surface area contributed by atoms with Gasteiger partial charge in [0.2, 0.25) is 0 Å². The summed E-state index contributed by atoms with van der Waals surface area (Å²) in [5.74, 6) is 0.307. The summed E-state index contributed by atoms with van der Waals surface area (Å²) in [4.78, 5) is 19.2. The van der Waals surface area contributed by atoms with Gasteiger partial charge in [-0.15, -0.1) is 11.3 Å². The van der Waals surface area contributed by atoms with Crippen LogP contribution in [-0.4, -0.2) is 38.5 Å². The number of carbonyl (C=O) groups is 1. The number of hydrogen-bond acceptors (Lipinski definition) is 5. The fourth-order valence-corrected chi connectivity index (χ4v) is 4.24. The first-order valence-electron chi connectivity index (χ1n) is 9.67. The van der Waals surface area contributed by atoms with E-state index < -0.39 is 17.8 Å². The van der Waals surface area contributed by atoms with Gasteiger partial charge in [-0.2, -0.15) is 18.3 Å². The van der Waals surface area contributed by atoms with Gasteiger partial charge in [0.15, 0.2) is 17.0 Å². The van der Waals surface area contributed by atoms with Crippen LogP contribution < -0.4 is 0 Å². The first-order chi connectivity index (χ1) is 15.1. The Hall–Kier alpha value is -2.85. The Labute approximate surface area is 190 Å². The van der Waals surface area contributed by atoms with Gasteiger partial charge >= 0.3 is 6.18 Å². The zero-order valence-corrected chi connectivity index (χ0v) is 18.6. The highest BCUT2D eigenvalue weighted by atomic mass is 35.5. The normalized spacial score (nSPS) is 12.9. The molecule has 0 spiro atoms. The second kappa shape index (κ2) is 8.59. The van der Waals surface area contributed by atoms with Crippen LogP contribution in [0.4, 0.5) is 13.2 Å². The molecule has 1 atom stereocenters. The maximum absolute atomic E-state index is 13.7. The van der Waals surface area contributed by atoms with E-state index in [0.717, 1.165) is 23.2 Å². The van der Waals surface area contributed by atoms with Gasteiger partial charge in [0.05, 0.1) is 21.2 Å². The van der Waals surface area contributed by atoms with Crippen molar-refractivity contribution < 1.29 is 22.4 Å². The Morgan fingerprint density at radius 2 is 2.09 bits per heavy atom. The number of aromatic nitrogens is 3. The summed E-state index contributed by atoms with van der Waals surface area (Å²) >= 11 is 7.04. The molecular formula is C21H18ClF3N4O2S. The van der Waals surface area contributed by atoms with Crippen LogP contribution in [0.15, 0.2) is 47.1 Å². The number of amides is 1. The molecule has 0 aliphatic carbocycles. The second-order valence-electron chi connectivity index (χ2n) is 7.31. The summed E-state index contributed by atoms with van der Waals surface area (Å²) in [7, 11) is 1.59. The van der Waals surface area contributed by atoms with Gasteiger partial charge in [-0.05, 0) is 43.7 Å². The number of furan rings is 1. The Bertz CT molecular complexity index is 1250. The van der Waals surface area contributed by atoms with Crippen molar-refractivity contribution in [3.8, 4) is 10.6 Å². The topological polar surface area (TPSA) is 63.6 Å². The monoisotopic (exact) mass is 482 g/mol. The van der Waals surface area contributed by atoms with Crippen LogP contribution in [0.1, 0.15) is 35.3 Å². The van der Waals surface area contributed by atoms with Gasteiger partial charge in [0.1, 0.15) is 5.76 Å². The van der Waals surface area contributed by atoms with Crippen molar-refractivity contribution in [2.45, 2.75) is 32.0 Å². The van der Waals surface area contributed by atoms with Crippen molar-refractivity contribution in [2.75, 3.05) is 7.05 Å². The van der Waals surface area contributed by atoms with Crippen molar-refractivity contribution in [2.24, 2.45) is 0 Å². The first-order valence-corrected chi connectivity index (χ1v) is 10.9. The van der Waals surface area contributed by atoms with Crippen molar-refractivity contribution >= 4 is 34.5 Å². The predicted octanol–water partition coefficient (Wildman–Crippen LogP) is 5.82. The second-order valence-corrected chi connectivity index (χ2v) is 9.03. The van der Waals surface area contributed by atoms with Crippen molar-refractivity contribution in [1.29, 1.82) is 0 Å². The third-order valence-electron chi connectivity index (χ3n) is 5.13. The summed E-state index contributed by atoms with van der Waals surface area (Å²) in [6, 6.07) is 8.82. The molecule has 4 heterocycles. The number of rotatable bonds is 6. The van der Waals surface area contributed by atoms with E-state index in [1.165, 1.54) is 11.0 Å². The molecule has 0 bridgehead atoms. The minimum Gasteiger partial charge on any atom is -0.469 e. The van der Waals surface area contributed by atoms with Crippen LogP contribution in [0.3, 0.4) is 0 Å². The van der Waals surface area contributed by atoms with Crippen LogP contribution in [0.5, 0.6) is 0 Å². The molecule has 1 unspecified atom stereocenters. The molecule has 0 aliphatic rings. The Balaban J connectivity index is 1.65. The van der Waals surface area contributed by atoms with E-state index in [4.69, 9.17) is 16.0 Å². The summed E-state index contributed by atoms with van der Waals surface area (Å²) in [5.41, 5.74) is -1.09. The molecule has 0 saturated carbocycles. The molecule has 1 amide bonds. The molecule has 168 valence electrons. The Morgan fingerprint density at radius 3 is 2.72 bits per heavy atom. The molecule has 32 heavy (non-hydrogen) atoms. The number of fused-ring (bicyclic) bond motifs is 1. The molecule has 4 aromatic heterocycles. The fourth-order valence-electron chi connectivity index (χ4n) is 3.24. The third kappa shape index (κ3) is 4.51. The highest BCUT2D eigenvalue weighted by Crippen LogP contribution is 2.35. The number of aryl methyl sites for hydroxylation is 1. The number of alkyl halides is 3. The highest BCUT2D eigenvalue weighted by molar-refractivity contribution is 7.19. The highest BCUT2D eigenvalue weighted by Gasteiger charge is 2.36. The zero-order chi connectivity index (χ0) is 23.0. The molecule has 0 radical (unpaired) electrons. The summed E-state index contributed by atoms with van der Waals surface area (Å²) in [6.45, 7) is 1.86. The smallest absolute Gasteiger partial charge is 0.433 e. The van der Waals surface area contributed by atoms with Crippen LogP contribution in [-0.2, 0) is 12.6 Å². The summed E-state index contributed by atoms with van der Waals surface area (Å²) in [5, 5.41) is 3.93. The lowest BCUT2D eigenvalue weighted by atomic mass is 10.1. The molecule has 0 aromatic carbocycles. The van der Waals surface area contributed by atoms with Gasteiger partial charge in [0.25, 0.3) is 5.91 Å². The van der Waals surface area contributed by atoms with Crippen LogP contribution in [0.25, 0.3) is 16.2 Å². The SMILES string of the molecule is CC(CCc1ccco1)N(C)C(=O)c1cc2nc(-c3ccc(Cl)s3)cc(C(F)(F)F)n2n1. The molecule has 11 heteroatoms. The predicted molar refractivity (Wildman–Crippen MR) is 115 cm³/mol. The van der Waals surface area contributed by atoms with E-state index in [1.54, 1.807) is 31.5 Å². The van der Waals surface area contributed by atoms with Gasteiger partial charge in [-0.3, -0.25) is 4.79 Å². The van der Waals surface area contributed by atoms with Crippen molar-refractivity contribution in [3.05, 3.63) is 64.1 Å².